The molecular weight excluding hydrogens is 455 g/mol. The molecule has 0 fully saturated rings. The summed E-state index contributed by atoms with van der Waals surface area (Å²) in [5.74, 6) is -2.60. The molecule has 31 heavy (non-hydrogen) atoms. The highest BCUT2D eigenvalue weighted by Crippen LogP contribution is 2.39. The number of nitrogens with zero attached hydrogens (tertiary/aromatic N) is 1. The van der Waals surface area contributed by atoms with Gasteiger partial charge in [0.2, 0.25) is 0 Å². The van der Waals surface area contributed by atoms with Crippen molar-refractivity contribution >= 4 is 44.5 Å². The summed E-state index contributed by atoms with van der Waals surface area (Å²) in [5.41, 5.74) is -5.01. The molecule has 3 aromatic rings. The third-order valence-electron chi connectivity index (χ3n) is 4.54. The van der Waals surface area contributed by atoms with Gasteiger partial charge in [0.15, 0.2) is 0 Å². The number of amides is 2. The molecule has 1 heterocycles. The van der Waals surface area contributed by atoms with E-state index in [4.69, 9.17) is 0 Å². The van der Waals surface area contributed by atoms with Crippen LogP contribution in [0.25, 0.3) is 10.8 Å². The lowest BCUT2D eigenvalue weighted by molar-refractivity contribution is -0.0761. The van der Waals surface area contributed by atoms with Gasteiger partial charge in [-0.05, 0) is 42.6 Å². The summed E-state index contributed by atoms with van der Waals surface area (Å²) in [6.45, 7) is 1.95. The van der Waals surface area contributed by atoms with Crippen LogP contribution in [-0.2, 0) is 14.4 Å². The van der Waals surface area contributed by atoms with Gasteiger partial charge in [-0.2, -0.15) is 21.6 Å². The Kier molecular flexibility index (Phi) is 5.07. The number of halogens is 3. The molecule has 1 aliphatic heterocycles. The maximum atomic E-state index is 12.7. The molecule has 160 valence electrons. The van der Waals surface area contributed by atoms with Crippen molar-refractivity contribution in [1.82, 2.24) is 5.06 Å². The number of benzene rings is 3. The molecule has 0 N–H and O–H groups in total. The number of hydroxylamine groups is 2. The Balaban J connectivity index is 1.79. The number of rotatable bonds is 4. The van der Waals surface area contributed by atoms with Gasteiger partial charge in [-0.15, -0.1) is 9.35 Å². The zero-order chi connectivity index (χ0) is 22.6. The van der Waals surface area contributed by atoms with Gasteiger partial charge in [0.1, 0.15) is 0 Å². The van der Waals surface area contributed by atoms with E-state index in [0.29, 0.717) is 10.3 Å². The number of hydrogen-bond donors (Lipinski definition) is 0. The van der Waals surface area contributed by atoms with Crippen molar-refractivity contribution in [3.05, 3.63) is 71.3 Å². The fraction of sp³-hybridized carbons (Fsp3) is 0.100. The van der Waals surface area contributed by atoms with Crippen LogP contribution in [0.2, 0.25) is 0 Å². The van der Waals surface area contributed by atoms with E-state index >= 15 is 0 Å². The lowest BCUT2D eigenvalue weighted by atomic mass is 9.95. The highest BCUT2D eigenvalue weighted by atomic mass is 32.2. The summed E-state index contributed by atoms with van der Waals surface area (Å²) in [5, 5.41) is 0.381. The van der Waals surface area contributed by atoms with E-state index in [1.807, 2.05) is 31.2 Å². The summed E-state index contributed by atoms with van der Waals surface area (Å²) in [6.07, 6.45) is 0. The second-order valence-electron chi connectivity index (χ2n) is 6.63. The Bertz CT molecular complexity index is 1310. The maximum absolute atomic E-state index is 12.7. The van der Waals surface area contributed by atoms with Crippen molar-refractivity contribution in [2.75, 3.05) is 0 Å². The first-order chi connectivity index (χ1) is 14.5. The highest BCUT2D eigenvalue weighted by Gasteiger charge is 2.51. The molecule has 3 aromatic carbocycles. The first kappa shape index (κ1) is 21.3. The fourth-order valence-corrected chi connectivity index (χ4v) is 4.44. The van der Waals surface area contributed by atoms with Gasteiger partial charge in [0.05, 0.1) is 11.1 Å². The fourth-order valence-electron chi connectivity index (χ4n) is 3.08. The Morgan fingerprint density at radius 1 is 0.903 bits per heavy atom. The number of carbonyl (C=O) groups excluding carboxylic acids is 2. The zero-order valence-corrected chi connectivity index (χ0v) is 17.3. The van der Waals surface area contributed by atoms with Crippen molar-refractivity contribution in [3.8, 4) is 0 Å². The average Bonchev–Trinajstić information content (AvgIpc) is 2.71. The Hall–Kier alpha value is -2.89. The second-order valence-corrected chi connectivity index (χ2v) is 9.27. The zero-order valence-electron chi connectivity index (χ0n) is 15.6. The summed E-state index contributed by atoms with van der Waals surface area (Å²) >= 11 is 1.38. The van der Waals surface area contributed by atoms with Crippen molar-refractivity contribution in [3.63, 3.8) is 0 Å². The van der Waals surface area contributed by atoms with Crippen LogP contribution in [0.3, 0.4) is 0 Å². The molecule has 11 heteroatoms. The molecule has 0 bridgehead atoms. The molecule has 0 unspecified atom stereocenters. The molecule has 1 aliphatic rings. The number of hydrogen-bond acceptors (Lipinski definition) is 6. The Labute approximate surface area is 178 Å². The van der Waals surface area contributed by atoms with Crippen LogP contribution >= 0.6 is 11.8 Å². The first-order valence-electron chi connectivity index (χ1n) is 8.69. The minimum Gasteiger partial charge on any atom is -0.266 e. The topological polar surface area (TPSA) is 80.8 Å². The molecule has 0 aromatic heterocycles. The van der Waals surface area contributed by atoms with E-state index in [1.54, 1.807) is 12.1 Å². The van der Waals surface area contributed by atoms with E-state index < -0.39 is 27.4 Å². The molecule has 4 rings (SSSR count). The van der Waals surface area contributed by atoms with E-state index in [2.05, 4.69) is 4.28 Å². The number of imide groups is 1. The van der Waals surface area contributed by atoms with Crippen LogP contribution in [0.15, 0.2) is 64.4 Å². The third kappa shape index (κ3) is 3.68. The molecule has 0 aliphatic carbocycles. The lowest BCUT2D eigenvalue weighted by Crippen LogP contribution is -2.44. The van der Waals surface area contributed by atoms with Crippen molar-refractivity contribution in [2.24, 2.45) is 0 Å². The Morgan fingerprint density at radius 3 is 2.13 bits per heavy atom. The second kappa shape index (κ2) is 7.36. The van der Waals surface area contributed by atoms with E-state index in [9.17, 15) is 31.2 Å². The van der Waals surface area contributed by atoms with Gasteiger partial charge in [-0.1, -0.05) is 41.6 Å². The van der Waals surface area contributed by atoms with Gasteiger partial charge in [0.25, 0.3) is 11.8 Å². The summed E-state index contributed by atoms with van der Waals surface area (Å²) in [6, 6.07) is 15.0. The minimum atomic E-state index is -6.21. The summed E-state index contributed by atoms with van der Waals surface area (Å²) in [4.78, 5) is 26.9. The van der Waals surface area contributed by atoms with Gasteiger partial charge < -0.3 is 0 Å². The number of alkyl halides is 3. The molecule has 6 nitrogen and oxygen atoms in total. The van der Waals surface area contributed by atoms with Crippen LogP contribution < -0.4 is 0 Å². The molecule has 0 atom stereocenters. The lowest BCUT2D eigenvalue weighted by Gasteiger charge is -2.26. The smallest absolute Gasteiger partial charge is 0.266 e. The average molecular weight is 467 g/mol. The molecule has 0 saturated carbocycles. The quantitative estimate of drug-likeness (QED) is 0.410. The third-order valence-corrected chi connectivity index (χ3v) is 6.53. The van der Waals surface area contributed by atoms with Crippen LogP contribution in [-0.4, -0.2) is 30.8 Å². The molecule has 0 spiro atoms. The van der Waals surface area contributed by atoms with Gasteiger partial charge >= 0.3 is 15.6 Å². The van der Waals surface area contributed by atoms with E-state index in [1.165, 1.54) is 30.0 Å². The maximum Gasteiger partial charge on any atom is 0.525 e. The standard InChI is InChI=1S/C20H12F3NO5S2/c1-11-5-7-12(8-6-11)30-16-10-9-15-17-13(16)3-2-4-14(17)18(25)24(19(15)26)29-31(27,28)20(21,22)23/h2-10H,1H3. The van der Waals surface area contributed by atoms with E-state index in [-0.39, 0.29) is 21.6 Å². The SMILES string of the molecule is Cc1ccc(Sc2ccc3c4c(cccc24)C(=O)N(OS(=O)(=O)C(F)(F)F)C3=O)cc1. The van der Waals surface area contributed by atoms with E-state index in [0.717, 1.165) is 10.5 Å². The van der Waals surface area contributed by atoms with Crippen LogP contribution in [0.1, 0.15) is 26.3 Å². The van der Waals surface area contributed by atoms with Gasteiger partial charge in [-0.3, -0.25) is 9.59 Å². The normalized spacial score (nSPS) is 14.4. The van der Waals surface area contributed by atoms with Crippen molar-refractivity contribution in [1.29, 1.82) is 0 Å². The molecule has 0 radical (unpaired) electrons. The molecule has 0 saturated heterocycles. The first-order valence-corrected chi connectivity index (χ1v) is 10.9. The predicted molar refractivity (Wildman–Crippen MR) is 106 cm³/mol. The van der Waals surface area contributed by atoms with Crippen LogP contribution in [0.4, 0.5) is 13.2 Å². The van der Waals surface area contributed by atoms with Crippen LogP contribution in [0.5, 0.6) is 0 Å². The monoisotopic (exact) mass is 467 g/mol. The predicted octanol–water partition coefficient (Wildman–Crippen LogP) is 4.68. The summed E-state index contributed by atoms with van der Waals surface area (Å²) < 4.78 is 64.6. The number of carbonyl (C=O) groups is 2. The van der Waals surface area contributed by atoms with Crippen molar-refractivity contribution < 1.29 is 35.5 Å². The van der Waals surface area contributed by atoms with Crippen molar-refractivity contribution in [2.45, 2.75) is 22.2 Å². The number of aryl methyl sites for hydroxylation is 1. The molecule has 2 amide bonds. The Morgan fingerprint density at radius 2 is 1.52 bits per heavy atom. The van der Waals surface area contributed by atoms with Gasteiger partial charge in [-0.25, -0.2) is 0 Å². The largest absolute Gasteiger partial charge is 0.525 e. The van der Waals surface area contributed by atoms with Gasteiger partial charge in [0, 0.05) is 15.2 Å². The highest BCUT2D eigenvalue weighted by molar-refractivity contribution is 7.99. The minimum absolute atomic E-state index is 0.143. The molecular formula is C20H12F3NO5S2. The van der Waals surface area contributed by atoms with Crippen LogP contribution in [0, 0.1) is 6.92 Å². The summed E-state index contributed by atoms with van der Waals surface area (Å²) in [7, 11) is -6.21.